The van der Waals surface area contributed by atoms with Crippen molar-refractivity contribution in [2.45, 2.75) is 49.8 Å². The molecule has 3 aromatic carbocycles. The number of carbonyl (C=O) groups excluding carboxylic acids is 1. The molecule has 2 N–H and O–H groups in total. The van der Waals surface area contributed by atoms with Crippen LogP contribution in [0.25, 0.3) is 10.8 Å². The van der Waals surface area contributed by atoms with Crippen LogP contribution in [0.3, 0.4) is 0 Å². The van der Waals surface area contributed by atoms with Crippen LogP contribution >= 0.6 is 0 Å². The number of hydrogen-bond donors (Lipinski definition) is 2. The number of likely N-dealkylation sites (N-methyl/N-ethyl adjacent to an activating group) is 1. The van der Waals surface area contributed by atoms with Crippen LogP contribution in [0.4, 0.5) is 5.69 Å². The topological polar surface area (TPSA) is 65.0 Å². The Balaban J connectivity index is 1.21. The zero-order valence-electron chi connectivity index (χ0n) is 21.1. The molecular formula is C30H35N3O3. The summed E-state index contributed by atoms with van der Waals surface area (Å²) in [5.41, 5.74) is 4.82. The molecule has 2 aliphatic heterocycles. The van der Waals surface area contributed by atoms with Gasteiger partial charge in [-0.25, -0.2) is 0 Å². The van der Waals surface area contributed by atoms with E-state index in [4.69, 9.17) is 4.74 Å². The van der Waals surface area contributed by atoms with E-state index in [2.05, 4.69) is 52.7 Å². The summed E-state index contributed by atoms with van der Waals surface area (Å²) in [6.07, 6.45) is 2.80. The predicted octanol–water partition coefficient (Wildman–Crippen LogP) is 4.01. The minimum absolute atomic E-state index is 0.143. The van der Waals surface area contributed by atoms with Gasteiger partial charge in [-0.3, -0.25) is 9.69 Å². The van der Waals surface area contributed by atoms with Gasteiger partial charge in [0, 0.05) is 43.0 Å². The first-order chi connectivity index (χ1) is 17.6. The van der Waals surface area contributed by atoms with Crippen LogP contribution in [0.5, 0.6) is 5.75 Å². The number of nitrogens with zero attached hydrogens (tertiary/aromatic N) is 2. The SMILES string of the molecule is CNCC(O)CC1C(=O)N(C2CCN(C3Cc4cccc5ccc(OC)c3c45)CC2)c2ccccc21. The van der Waals surface area contributed by atoms with Crippen LogP contribution < -0.4 is 15.0 Å². The van der Waals surface area contributed by atoms with E-state index in [0.717, 1.165) is 49.4 Å². The normalized spacial score (nSPS) is 22.9. The van der Waals surface area contributed by atoms with Gasteiger partial charge in [0.2, 0.25) is 5.91 Å². The number of aliphatic hydroxyl groups is 1. The number of piperidine rings is 1. The number of amides is 1. The molecule has 0 aromatic heterocycles. The number of aliphatic hydroxyl groups excluding tert-OH is 1. The molecule has 0 bridgehead atoms. The fourth-order valence-corrected chi connectivity index (χ4v) is 6.84. The van der Waals surface area contributed by atoms with Crippen molar-refractivity contribution in [3.63, 3.8) is 0 Å². The molecule has 3 atom stereocenters. The monoisotopic (exact) mass is 485 g/mol. The maximum Gasteiger partial charge on any atom is 0.234 e. The summed E-state index contributed by atoms with van der Waals surface area (Å²) in [6.45, 7) is 2.38. The van der Waals surface area contributed by atoms with E-state index < -0.39 is 6.10 Å². The molecule has 6 heteroatoms. The van der Waals surface area contributed by atoms with Gasteiger partial charge < -0.3 is 20.1 Å². The molecule has 0 saturated carbocycles. The number of nitrogens with one attached hydrogen (secondary N) is 1. The lowest BCUT2D eigenvalue weighted by Crippen LogP contribution is -2.47. The number of anilines is 1. The minimum Gasteiger partial charge on any atom is -0.496 e. The molecule has 0 radical (unpaired) electrons. The summed E-state index contributed by atoms with van der Waals surface area (Å²) >= 11 is 0. The van der Waals surface area contributed by atoms with E-state index in [0.29, 0.717) is 19.0 Å². The van der Waals surface area contributed by atoms with Crippen molar-refractivity contribution in [3.05, 3.63) is 71.3 Å². The molecule has 3 aliphatic rings. The van der Waals surface area contributed by atoms with Gasteiger partial charge in [0.15, 0.2) is 0 Å². The minimum atomic E-state index is -0.541. The van der Waals surface area contributed by atoms with E-state index >= 15 is 0 Å². The number of para-hydroxylation sites is 1. The summed E-state index contributed by atoms with van der Waals surface area (Å²) in [5.74, 6) is 0.851. The number of rotatable bonds is 7. The van der Waals surface area contributed by atoms with Gasteiger partial charge in [0.1, 0.15) is 5.75 Å². The highest BCUT2D eigenvalue weighted by Crippen LogP contribution is 2.47. The van der Waals surface area contributed by atoms with Crippen molar-refractivity contribution in [1.29, 1.82) is 0 Å². The van der Waals surface area contributed by atoms with E-state index in [1.165, 1.54) is 21.9 Å². The Kier molecular flexibility index (Phi) is 6.20. The summed E-state index contributed by atoms with van der Waals surface area (Å²) in [5, 5.41) is 16.1. The second-order valence-corrected chi connectivity index (χ2v) is 10.5. The number of hydrogen-bond acceptors (Lipinski definition) is 5. The summed E-state index contributed by atoms with van der Waals surface area (Å²) in [6, 6.07) is 19.5. The zero-order chi connectivity index (χ0) is 24.8. The average molecular weight is 486 g/mol. The molecule has 3 aromatic rings. The Hall–Kier alpha value is -2.93. The Morgan fingerprint density at radius 3 is 2.67 bits per heavy atom. The standard InChI is InChI=1S/C30H35N3O3/c1-31-18-22(34)17-24-23-8-3-4-9-25(23)33(30(24)35)21-12-14-32(15-13-21)26-16-20-7-5-6-19-10-11-27(36-2)29(26)28(19)20/h3-11,21-22,24,26,31,34H,12-18H2,1-2H3. The van der Waals surface area contributed by atoms with E-state index in [1.807, 2.05) is 24.1 Å². The van der Waals surface area contributed by atoms with Crippen molar-refractivity contribution in [2.75, 3.05) is 38.7 Å². The lowest BCUT2D eigenvalue weighted by atomic mass is 9.94. The molecular weight excluding hydrogens is 450 g/mol. The first-order valence-electron chi connectivity index (χ1n) is 13.2. The van der Waals surface area contributed by atoms with Gasteiger partial charge in [-0.2, -0.15) is 0 Å². The molecule has 2 heterocycles. The number of carbonyl (C=O) groups is 1. The number of methoxy groups -OCH3 is 1. The Morgan fingerprint density at radius 1 is 1.08 bits per heavy atom. The molecule has 1 saturated heterocycles. The molecule has 1 amide bonds. The fraction of sp³-hybridized carbons (Fsp3) is 0.433. The van der Waals surface area contributed by atoms with Crippen LogP contribution in [0.2, 0.25) is 0 Å². The van der Waals surface area contributed by atoms with Crippen molar-refractivity contribution < 1.29 is 14.6 Å². The lowest BCUT2D eigenvalue weighted by molar-refractivity contribution is -0.120. The van der Waals surface area contributed by atoms with Gasteiger partial charge in [-0.1, -0.05) is 42.5 Å². The molecule has 3 unspecified atom stereocenters. The van der Waals surface area contributed by atoms with Crippen molar-refractivity contribution in [2.24, 2.45) is 0 Å². The Labute approximate surface area is 212 Å². The highest BCUT2D eigenvalue weighted by molar-refractivity contribution is 6.05. The lowest BCUT2D eigenvalue weighted by Gasteiger charge is -2.40. The maximum absolute atomic E-state index is 13.7. The maximum atomic E-state index is 13.7. The molecule has 6 rings (SSSR count). The first-order valence-corrected chi connectivity index (χ1v) is 13.2. The van der Waals surface area contributed by atoms with Crippen molar-refractivity contribution in [3.8, 4) is 5.75 Å². The highest BCUT2D eigenvalue weighted by Gasteiger charge is 2.43. The third-order valence-corrected chi connectivity index (χ3v) is 8.46. The third-order valence-electron chi connectivity index (χ3n) is 8.46. The number of ether oxygens (including phenoxy) is 1. The second kappa shape index (κ2) is 9.51. The summed E-state index contributed by atoms with van der Waals surface area (Å²) in [7, 11) is 3.59. The number of fused-ring (bicyclic) bond motifs is 1. The summed E-state index contributed by atoms with van der Waals surface area (Å²) in [4.78, 5) is 18.3. The Morgan fingerprint density at radius 2 is 1.89 bits per heavy atom. The second-order valence-electron chi connectivity index (χ2n) is 10.5. The van der Waals surface area contributed by atoms with Gasteiger partial charge in [-0.05, 0) is 66.8 Å². The molecule has 1 fully saturated rings. The van der Waals surface area contributed by atoms with Crippen LogP contribution in [0.15, 0.2) is 54.6 Å². The third kappa shape index (κ3) is 3.79. The number of likely N-dealkylation sites (tertiary alicyclic amines) is 1. The van der Waals surface area contributed by atoms with Gasteiger partial charge in [-0.15, -0.1) is 0 Å². The summed E-state index contributed by atoms with van der Waals surface area (Å²) < 4.78 is 5.81. The molecule has 0 spiro atoms. The quantitative estimate of drug-likeness (QED) is 0.530. The van der Waals surface area contributed by atoms with Crippen molar-refractivity contribution >= 4 is 22.4 Å². The largest absolute Gasteiger partial charge is 0.496 e. The van der Waals surface area contributed by atoms with Crippen LogP contribution in [0.1, 0.15) is 47.9 Å². The fourth-order valence-electron chi connectivity index (χ4n) is 6.84. The van der Waals surface area contributed by atoms with Gasteiger partial charge >= 0.3 is 0 Å². The molecule has 188 valence electrons. The van der Waals surface area contributed by atoms with Crippen LogP contribution in [0, 0.1) is 0 Å². The highest BCUT2D eigenvalue weighted by atomic mass is 16.5. The van der Waals surface area contributed by atoms with E-state index in [9.17, 15) is 9.90 Å². The van der Waals surface area contributed by atoms with Crippen LogP contribution in [-0.4, -0.2) is 61.9 Å². The van der Waals surface area contributed by atoms with Crippen molar-refractivity contribution in [1.82, 2.24) is 10.2 Å². The van der Waals surface area contributed by atoms with Gasteiger partial charge in [0.05, 0.1) is 19.1 Å². The Bertz CT molecular complexity index is 1280. The van der Waals surface area contributed by atoms with E-state index in [1.54, 1.807) is 7.11 Å². The van der Waals surface area contributed by atoms with Gasteiger partial charge in [0.25, 0.3) is 0 Å². The zero-order valence-corrected chi connectivity index (χ0v) is 21.1. The van der Waals surface area contributed by atoms with E-state index in [-0.39, 0.29) is 17.9 Å². The smallest absolute Gasteiger partial charge is 0.234 e. The average Bonchev–Trinajstić information content (AvgIpc) is 3.42. The predicted molar refractivity (Wildman–Crippen MR) is 143 cm³/mol. The molecule has 1 aliphatic carbocycles. The molecule has 6 nitrogen and oxygen atoms in total. The van der Waals surface area contributed by atoms with Crippen LogP contribution in [-0.2, 0) is 11.2 Å². The molecule has 36 heavy (non-hydrogen) atoms. The number of benzene rings is 3. The first kappa shape index (κ1) is 23.5.